The summed E-state index contributed by atoms with van der Waals surface area (Å²) in [6.45, 7) is 4.73. The lowest BCUT2D eigenvalue weighted by molar-refractivity contribution is -0.119. The molecule has 0 heterocycles. The Balaban J connectivity index is 2.42. The van der Waals surface area contributed by atoms with Gasteiger partial charge < -0.3 is 15.8 Å². The summed E-state index contributed by atoms with van der Waals surface area (Å²) in [5, 5.41) is 2.98. The molecule has 0 radical (unpaired) electrons. The number of methoxy groups -OCH3 is 1. The number of benzene rings is 1. The molecule has 0 fully saturated rings. The van der Waals surface area contributed by atoms with Crippen molar-refractivity contribution in [2.24, 2.45) is 11.7 Å². The average Bonchev–Trinajstić information content (AvgIpc) is 2.44. The number of hydrogen-bond donors (Lipinski definition) is 2. The van der Waals surface area contributed by atoms with E-state index < -0.39 is 0 Å². The summed E-state index contributed by atoms with van der Waals surface area (Å²) in [5.41, 5.74) is 5.68. The summed E-state index contributed by atoms with van der Waals surface area (Å²) < 4.78 is 5.16. The first-order valence-corrected chi connectivity index (χ1v) is 7.80. The van der Waals surface area contributed by atoms with Crippen molar-refractivity contribution in [1.29, 1.82) is 0 Å². The van der Waals surface area contributed by atoms with E-state index in [0.717, 1.165) is 17.1 Å². The number of amides is 1. The lowest BCUT2D eigenvalue weighted by Gasteiger charge is -2.18. The number of ether oxygens (including phenoxy) is 1. The number of carbonyl (C=O) groups is 1. The van der Waals surface area contributed by atoms with Crippen molar-refractivity contribution in [2.75, 3.05) is 19.4 Å². The smallest absolute Gasteiger partial charge is 0.230 e. The highest BCUT2D eigenvalue weighted by Crippen LogP contribution is 2.22. The summed E-state index contributed by atoms with van der Waals surface area (Å²) in [6, 6.07) is 7.76. The lowest BCUT2D eigenvalue weighted by Crippen LogP contribution is -2.41. The monoisotopic (exact) mass is 296 g/mol. The molecular formula is C15H24N2O2S. The van der Waals surface area contributed by atoms with Crippen molar-refractivity contribution in [1.82, 2.24) is 5.32 Å². The third kappa shape index (κ3) is 6.30. The molecule has 0 aliphatic carbocycles. The van der Waals surface area contributed by atoms with Crippen LogP contribution in [0.2, 0.25) is 0 Å². The zero-order chi connectivity index (χ0) is 15.0. The normalized spacial score (nSPS) is 12.2. The number of thioether (sulfide) groups is 1. The Kier molecular flexibility index (Phi) is 7.47. The molecule has 1 aromatic carbocycles. The molecule has 1 unspecified atom stereocenters. The van der Waals surface area contributed by atoms with E-state index in [-0.39, 0.29) is 11.9 Å². The van der Waals surface area contributed by atoms with Gasteiger partial charge in [-0.25, -0.2) is 0 Å². The van der Waals surface area contributed by atoms with Crippen molar-refractivity contribution in [2.45, 2.75) is 31.2 Å². The van der Waals surface area contributed by atoms with Crippen LogP contribution < -0.4 is 15.8 Å². The Morgan fingerprint density at radius 3 is 2.80 bits per heavy atom. The Hall–Kier alpha value is -1.20. The fourth-order valence-corrected chi connectivity index (χ4v) is 2.65. The van der Waals surface area contributed by atoms with Crippen LogP contribution in [0.1, 0.15) is 20.3 Å². The van der Waals surface area contributed by atoms with Gasteiger partial charge in [-0.3, -0.25) is 4.79 Å². The third-order valence-electron chi connectivity index (χ3n) is 2.82. The molecule has 3 N–H and O–H groups in total. The molecule has 20 heavy (non-hydrogen) atoms. The largest absolute Gasteiger partial charge is 0.497 e. The molecule has 0 saturated carbocycles. The van der Waals surface area contributed by atoms with Crippen LogP contribution >= 0.6 is 11.8 Å². The van der Waals surface area contributed by atoms with E-state index >= 15 is 0 Å². The maximum absolute atomic E-state index is 11.9. The predicted octanol–water partition coefficient (Wildman–Crippen LogP) is 2.28. The zero-order valence-electron chi connectivity index (χ0n) is 12.4. The van der Waals surface area contributed by atoms with Crippen molar-refractivity contribution in [3.63, 3.8) is 0 Å². The first-order chi connectivity index (χ1) is 9.55. The summed E-state index contributed by atoms with van der Waals surface area (Å²) in [4.78, 5) is 12.9. The number of carbonyl (C=O) groups excluding carboxylic acids is 1. The van der Waals surface area contributed by atoms with Gasteiger partial charge in [-0.2, -0.15) is 0 Å². The second kappa shape index (κ2) is 8.87. The van der Waals surface area contributed by atoms with Gasteiger partial charge in [0.15, 0.2) is 0 Å². The minimum Gasteiger partial charge on any atom is -0.497 e. The Bertz CT molecular complexity index is 424. The molecule has 1 atom stereocenters. The van der Waals surface area contributed by atoms with Crippen LogP contribution in [0.4, 0.5) is 0 Å². The van der Waals surface area contributed by atoms with Crippen LogP contribution in [-0.4, -0.2) is 31.4 Å². The van der Waals surface area contributed by atoms with Gasteiger partial charge in [0, 0.05) is 17.5 Å². The molecule has 112 valence electrons. The van der Waals surface area contributed by atoms with E-state index in [1.54, 1.807) is 7.11 Å². The van der Waals surface area contributed by atoms with Crippen LogP contribution in [0, 0.1) is 5.92 Å². The number of nitrogens with two attached hydrogens (primary N) is 1. The molecule has 5 heteroatoms. The van der Waals surface area contributed by atoms with Gasteiger partial charge in [0.1, 0.15) is 5.75 Å². The minimum atomic E-state index is 0.0221. The van der Waals surface area contributed by atoms with Crippen molar-refractivity contribution >= 4 is 17.7 Å². The van der Waals surface area contributed by atoms with E-state index in [4.69, 9.17) is 10.5 Å². The van der Waals surface area contributed by atoms with Gasteiger partial charge in [0.05, 0.1) is 12.9 Å². The van der Waals surface area contributed by atoms with Crippen LogP contribution in [0.25, 0.3) is 0 Å². The molecular weight excluding hydrogens is 272 g/mol. The minimum absolute atomic E-state index is 0.0221. The molecule has 0 bridgehead atoms. The molecule has 0 spiro atoms. The average molecular weight is 296 g/mol. The quantitative estimate of drug-likeness (QED) is 0.722. The first-order valence-electron chi connectivity index (χ1n) is 6.81. The van der Waals surface area contributed by atoms with Gasteiger partial charge in [-0.1, -0.05) is 19.9 Å². The molecule has 0 saturated heterocycles. The van der Waals surface area contributed by atoms with Crippen LogP contribution in [0.3, 0.4) is 0 Å². The van der Waals surface area contributed by atoms with E-state index in [9.17, 15) is 4.79 Å². The molecule has 1 rings (SSSR count). The standard InChI is InChI=1S/C15H24N2O2S/c1-11(2)7-12(9-16)17-15(18)10-20-14-6-4-5-13(8-14)19-3/h4-6,8,11-12H,7,9-10,16H2,1-3H3,(H,17,18). The topological polar surface area (TPSA) is 64.3 Å². The Labute approximate surface area is 125 Å². The highest BCUT2D eigenvalue weighted by atomic mass is 32.2. The van der Waals surface area contributed by atoms with Gasteiger partial charge >= 0.3 is 0 Å². The fourth-order valence-electron chi connectivity index (χ4n) is 1.89. The summed E-state index contributed by atoms with van der Waals surface area (Å²) in [6.07, 6.45) is 0.909. The van der Waals surface area contributed by atoms with Gasteiger partial charge in [-0.05, 0) is 30.5 Å². The predicted molar refractivity (Wildman–Crippen MR) is 84.2 cm³/mol. The van der Waals surface area contributed by atoms with E-state index in [1.165, 1.54) is 11.8 Å². The van der Waals surface area contributed by atoms with Gasteiger partial charge in [0.25, 0.3) is 0 Å². The third-order valence-corrected chi connectivity index (χ3v) is 3.81. The maximum atomic E-state index is 11.9. The summed E-state index contributed by atoms with van der Waals surface area (Å²) in [5.74, 6) is 1.74. The highest BCUT2D eigenvalue weighted by molar-refractivity contribution is 8.00. The van der Waals surface area contributed by atoms with Crippen molar-refractivity contribution in [3.05, 3.63) is 24.3 Å². The zero-order valence-corrected chi connectivity index (χ0v) is 13.2. The molecule has 1 amide bonds. The van der Waals surface area contributed by atoms with Crippen molar-refractivity contribution < 1.29 is 9.53 Å². The maximum Gasteiger partial charge on any atom is 0.230 e. The van der Waals surface area contributed by atoms with E-state index in [1.807, 2.05) is 24.3 Å². The molecule has 0 aliphatic heterocycles. The van der Waals surface area contributed by atoms with E-state index in [0.29, 0.717) is 18.2 Å². The highest BCUT2D eigenvalue weighted by Gasteiger charge is 2.12. The van der Waals surface area contributed by atoms with Crippen LogP contribution in [-0.2, 0) is 4.79 Å². The second-order valence-electron chi connectivity index (χ2n) is 5.10. The van der Waals surface area contributed by atoms with Crippen LogP contribution in [0.15, 0.2) is 29.2 Å². The molecule has 4 nitrogen and oxygen atoms in total. The SMILES string of the molecule is COc1cccc(SCC(=O)NC(CN)CC(C)C)c1. The van der Waals surface area contributed by atoms with Gasteiger partial charge in [0.2, 0.25) is 5.91 Å². The number of rotatable bonds is 8. The Morgan fingerprint density at radius 1 is 1.45 bits per heavy atom. The Morgan fingerprint density at radius 2 is 2.20 bits per heavy atom. The second-order valence-corrected chi connectivity index (χ2v) is 6.15. The van der Waals surface area contributed by atoms with E-state index in [2.05, 4.69) is 19.2 Å². The summed E-state index contributed by atoms with van der Waals surface area (Å²) >= 11 is 1.50. The van der Waals surface area contributed by atoms with Crippen molar-refractivity contribution in [3.8, 4) is 5.75 Å². The van der Waals surface area contributed by atoms with Crippen LogP contribution in [0.5, 0.6) is 5.75 Å². The van der Waals surface area contributed by atoms with Gasteiger partial charge in [-0.15, -0.1) is 11.8 Å². The number of hydrogen-bond acceptors (Lipinski definition) is 4. The summed E-state index contributed by atoms with van der Waals surface area (Å²) in [7, 11) is 1.63. The fraction of sp³-hybridized carbons (Fsp3) is 0.533. The molecule has 0 aliphatic rings. The molecule has 0 aromatic heterocycles. The lowest BCUT2D eigenvalue weighted by atomic mass is 10.0. The molecule has 1 aromatic rings. The number of nitrogens with one attached hydrogen (secondary N) is 1. The first kappa shape index (κ1) is 16.9.